The van der Waals surface area contributed by atoms with Gasteiger partial charge in [0.25, 0.3) is 0 Å². The Morgan fingerprint density at radius 3 is 2.61 bits per heavy atom. The molecule has 94 valence electrons. The van der Waals surface area contributed by atoms with Crippen LogP contribution < -0.4 is 4.90 Å². The van der Waals surface area contributed by atoms with Crippen molar-refractivity contribution in [1.29, 1.82) is 0 Å². The largest absolute Gasteiger partial charge is 0.340 e. The molecule has 1 heterocycles. The Morgan fingerprint density at radius 1 is 1.33 bits per heavy atom. The minimum atomic E-state index is -0.417. The van der Waals surface area contributed by atoms with Gasteiger partial charge in [-0.05, 0) is 33.6 Å². The smallest absolute Gasteiger partial charge is 0.225 e. The molecule has 0 bridgehead atoms. The Balaban J connectivity index is 2.13. The highest BCUT2D eigenvalue weighted by atomic mass is 79.9. The molecule has 0 aliphatic heterocycles. The number of nitrogens with zero attached hydrogens (tertiary/aromatic N) is 3. The molecule has 0 saturated carbocycles. The van der Waals surface area contributed by atoms with Gasteiger partial charge in [0, 0.05) is 26.0 Å². The van der Waals surface area contributed by atoms with Crippen LogP contribution in [-0.2, 0) is 6.54 Å². The van der Waals surface area contributed by atoms with Gasteiger partial charge in [-0.1, -0.05) is 17.7 Å². The predicted octanol–water partition coefficient (Wildman–Crippen LogP) is 3.67. The maximum absolute atomic E-state index is 13.3. The van der Waals surface area contributed by atoms with Crippen molar-refractivity contribution >= 4 is 33.5 Å². The Morgan fingerprint density at radius 2 is 2.00 bits per heavy atom. The second kappa shape index (κ2) is 5.63. The second-order valence-electron chi connectivity index (χ2n) is 3.81. The fourth-order valence-corrected chi connectivity index (χ4v) is 1.81. The molecule has 0 amide bonds. The third-order valence-electron chi connectivity index (χ3n) is 2.35. The molecule has 0 atom stereocenters. The van der Waals surface area contributed by atoms with Gasteiger partial charge in [0.05, 0.1) is 9.50 Å². The normalized spacial score (nSPS) is 10.4. The third-order valence-corrected chi connectivity index (χ3v) is 3.07. The van der Waals surface area contributed by atoms with E-state index in [1.54, 1.807) is 24.5 Å². The minimum absolute atomic E-state index is 0.126. The van der Waals surface area contributed by atoms with E-state index in [1.807, 2.05) is 11.9 Å². The molecule has 0 aliphatic carbocycles. The van der Waals surface area contributed by atoms with E-state index in [1.165, 1.54) is 6.07 Å². The van der Waals surface area contributed by atoms with Crippen molar-refractivity contribution in [3.63, 3.8) is 0 Å². The highest BCUT2D eigenvalue weighted by Crippen LogP contribution is 2.18. The SMILES string of the molecule is CN(Cc1ccc(Cl)c(F)c1)c1ncc(Br)cn1. The third kappa shape index (κ3) is 3.17. The lowest BCUT2D eigenvalue weighted by Crippen LogP contribution is -2.18. The van der Waals surface area contributed by atoms with Crippen molar-refractivity contribution in [2.45, 2.75) is 6.54 Å². The van der Waals surface area contributed by atoms with Crippen LogP contribution in [0.4, 0.5) is 10.3 Å². The number of anilines is 1. The molecule has 0 N–H and O–H groups in total. The molecule has 1 aromatic carbocycles. The van der Waals surface area contributed by atoms with Crippen LogP contribution in [0.1, 0.15) is 5.56 Å². The summed E-state index contributed by atoms with van der Waals surface area (Å²) in [6, 6.07) is 4.74. The molecule has 0 saturated heterocycles. The Labute approximate surface area is 118 Å². The standard InChI is InChI=1S/C12H10BrClFN3/c1-18(12-16-5-9(13)6-17-12)7-8-2-3-10(14)11(15)4-8/h2-6H,7H2,1H3. The van der Waals surface area contributed by atoms with Gasteiger partial charge in [-0.3, -0.25) is 0 Å². The molecular formula is C12H10BrClFN3. The summed E-state index contributed by atoms with van der Waals surface area (Å²) in [4.78, 5) is 10.2. The van der Waals surface area contributed by atoms with Crippen molar-refractivity contribution in [2.75, 3.05) is 11.9 Å². The quantitative estimate of drug-likeness (QED) is 0.860. The summed E-state index contributed by atoms with van der Waals surface area (Å²) < 4.78 is 14.1. The number of hydrogen-bond donors (Lipinski definition) is 0. The number of halogens is 3. The van der Waals surface area contributed by atoms with Crippen LogP contribution in [0.2, 0.25) is 5.02 Å². The average Bonchev–Trinajstić information content (AvgIpc) is 2.34. The van der Waals surface area contributed by atoms with Gasteiger partial charge in [-0.25, -0.2) is 14.4 Å². The number of hydrogen-bond acceptors (Lipinski definition) is 3. The molecule has 0 unspecified atom stereocenters. The molecule has 2 aromatic rings. The van der Waals surface area contributed by atoms with Crippen molar-refractivity contribution < 1.29 is 4.39 Å². The summed E-state index contributed by atoms with van der Waals surface area (Å²) >= 11 is 8.90. The molecule has 18 heavy (non-hydrogen) atoms. The van der Waals surface area contributed by atoms with Crippen LogP contribution in [0, 0.1) is 5.82 Å². The summed E-state index contributed by atoms with van der Waals surface area (Å²) in [6.45, 7) is 0.510. The molecule has 2 rings (SSSR count). The van der Waals surface area contributed by atoms with Gasteiger partial charge < -0.3 is 4.90 Å². The van der Waals surface area contributed by atoms with Gasteiger partial charge in [-0.2, -0.15) is 0 Å². The Kier molecular flexibility index (Phi) is 4.14. The van der Waals surface area contributed by atoms with Crippen LogP contribution in [0.5, 0.6) is 0 Å². The van der Waals surface area contributed by atoms with Crippen LogP contribution >= 0.6 is 27.5 Å². The minimum Gasteiger partial charge on any atom is -0.340 e. The van der Waals surface area contributed by atoms with Gasteiger partial charge in [0.2, 0.25) is 5.95 Å². The monoisotopic (exact) mass is 329 g/mol. The summed E-state index contributed by atoms with van der Waals surface area (Å²) in [5.41, 5.74) is 0.811. The van der Waals surface area contributed by atoms with Crippen LogP contribution in [-0.4, -0.2) is 17.0 Å². The maximum Gasteiger partial charge on any atom is 0.225 e. The van der Waals surface area contributed by atoms with E-state index < -0.39 is 5.82 Å². The number of benzene rings is 1. The number of aromatic nitrogens is 2. The Bertz CT molecular complexity index is 548. The predicted molar refractivity (Wildman–Crippen MR) is 73.2 cm³/mol. The lowest BCUT2D eigenvalue weighted by molar-refractivity contribution is 0.625. The molecule has 0 radical (unpaired) electrons. The van der Waals surface area contributed by atoms with Gasteiger partial charge in [-0.15, -0.1) is 0 Å². The maximum atomic E-state index is 13.3. The van der Waals surface area contributed by atoms with Crippen LogP contribution in [0.15, 0.2) is 35.1 Å². The molecule has 0 spiro atoms. The zero-order valence-electron chi connectivity index (χ0n) is 9.57. The zero-order valence-corrected chi connectivity index (χ0v) is 11.9. The van der Waals surface area contributed by atoms with Gasteiger partial charge in [0.15, 0.2) is 0 Å². The zero-order chi connectivity index (χ0) is 13.1. The first kappa shape index (κ1) is 13.2. The highest BCUT2D eigenvalue weighted by Gasteiger charge is 2.07. The van der Waals surface area contributed by atoms with Crippen LogP contribution in [0.3, 0.4) is 0 Å². The molecule has 1 aromatic heterocycles. The van der Waals surface area contributed by atoms with Crippen molar-refractivity contribution in [3.8, 4) is 0 Å². The second-order valence-corrected chi connectivity index (χ2v) is 5.13. The first-order chi connectivity index (χ1) is 8.56. The average molecular weight is 331 g/mol. The fraction of sp³-hybridized carbons (Fsp3) is 0.167. The summed E-state index contributed by atoms with van der Waals surface area (Å²) in [5.74, 6) is 0.160. The van der Waals surface area contributed by atoms with Crippen molar-refractivity contribution in [2.24, 2.45) is 0 Å². The van der Waals surface area contributed by atoms with Crippen LogP contribution in [0.25, 0.3) is 0 Å². The van der Waals surface area contributed by atoms with Crippen molar-refractivity contribution in [1.82, 2.24) is 9.97 Å². The van der Waals surface area contributed by atoms with E-state index in [9.17, 15) is 4.39 Å². The fourth-order valence-electron chi connectivity index (χ4n) is 1.49. The molecule has 3 nitrogen and oxygen atoms in total. The molecule has 6 heteroatoms. The number of rotatable bonds is 3. The van der Waals surface area contributed by atoms with Gasteiger partial charge in [0.1, 0.15) is 5.82 Å². The van der Waals surface area contributed by atoms with E-state index in [0.717, 1.165) is 10.0 Å². The molecular weight excluding hydrogens is 321 g/mol. The summed E-state index contributed by atoms with van der Waals surface area (Å²) in [7, 11) is 1.84. The first-order valence-electron chi connectivity index (χ1n) is 5.19. The van der Waals surface area contributed by atoms with E-state index >= 15 is 0 Å². The van der Waals surface area contributed by atoms with Gasteiger partial charge >= 0.3 is 0 Å². The van der Waals surface area contributed by atoms with E-state index in [4.69, 9.17) is 11.6 Å². The summed E-state index contributed by atoms with van der Waals surface area (Å²) in [6.07, 6.45) is 3.34. The Hall–Kier alpha value is -1.20. The van der Waals surface area contributed by atoms with E-state index in [0.29, 0.717) is 12.5 Å². The van der Waals surface area contributed by atoms with E-state index in [2.05, 4.69) is 25.9 Å². The molecule has 0 fully saturated rings. The van der Waals surface area contributed by atoms with Crippen molar-refractivity contribution in [3.05, 3.63) is 51.5 Å². The highest BCUT2D eigenvalue weighted by molar-refractivity contribution is 9.10. The first-order valence-corrected chi connectivity index (χ1v) is 6.36. The lowest BCUT2D eigenvalue weighted by atomic mass is 10.2. The van der Waals surface area contributed by atoms with E-state index in [-0.39, 0.29) is 5.02 Å². The molecule has 0 aliphatic rings. The topological polar surface area (TPSA) is 29.0 Å². The lowest BCUT2D eigenvalue weighted by Gasteiger charge is -2.16. The summed E-state index contributed by atoms with van der Waals surface area (Å²) in [5, 5.41) is 0.126.